The lowest BCUT2D eigenvalue weighted by atomic mass is 10.0. The molecule has 0 spiro atoms. The fraction of sp³-hybridized carbons (Fsp3) is 0.190. The van der Waals surface area contributed by atoms with Crippen LogP contribution in [-0.2, 0) is 0 Å². The summed E-state index contributed by atoms with van der Waals surface area (Å²) >= 11 is 0. The Morgan fingerprint density at radius 2 is 1.68 bits per heavy atom. The van der Waals surface area contributed by atoms with Crippen molar-refractivity contribution >= 4 is 5.78 Å². The van der Waals surface area contributed by atoms with Gasteiger partial charge in [0.15, 0.2) is 5.78 Å². The van der Waals surface area contributed by atoms with E-state index in [1.807, 2.05) is 56.3 Å². The minimum atomic E-state index is -0.668. The van der Waals surface area contributed by atoms with Gasteiger partial charge in [-0.15, -0.1) is 0 Å². The Morgan fingerprint density at radius 1 is 0.960 bits per heavy atom. The predicted molar refractivity (Wildman–Crippen MR) is 98.9 cm³/mol. The van der Waals surface area contributed by atoms with E-state index < -0.39 is 6.04 Å². The average molecular weight is 332 g/mol. The first-order valence-corrected chi connectivity index (χ1v) is 8.24. The zero-order valence-electron chi connectivity index (χ0n) is 14.6. The second kappa shape index (κ2) is 6.85. The number of ketones is 1. The Kier molecular flexibility index (Phi) is 4.61. The maximum absolute atomic E-state index is 12.8. The van der Waals surface area contributed by atoms with Crippen molar-refractivity contribution in [2.45, 2.75) is 26.8 Å². The lowest BCUT2D eigenvalue weighted by molar-refractivity contribution is 0.0925. The molecule has 4 nitrogen and oxygen atoms in total. The maximum Gasteiger partial charge on any atom is 0.267 e. The lowest BCUT2D eigenvalue weighted by Gasteiger charge is -2.15. The normalized spacial score (nSPS) is 12.0. The van der Waals surface area contributed by atoms with Crippen LogP contribution in [0.2, 0.25) is 0 Å². The van der Waals surface area contributed by atoms with Gasteiger partial charge < -0.3 is 0 Å². The van der Waals surface area contributed by atoms with Gasteiger partial charge in [-0.05, 0) is 44.0 Å². The summed E-state index contributed by atoms with van der Waals surface area (Å²) in [5.41, 5.74) is 4.06. The van der Waals surface area contributed by atoms with Crippen LogP contribution in [-0.4, -0.2) is 15.6 Å². The smallest absolute Gasteiger partial charge is 0.267 e. The summed E-state index contributed by atoms with van der Waals surface area (Å²) in [6.07, 6.45) is 0. The lowest BCUT2D eigenvalue weighted by Crippen LogP contribution is -2.30. The van der Waals surface area contributed by atoms with Crippen molar-refractivity contribution in [1.29, 1.82) is 0 Å². The molecule has 0 aliphatic rings. The predicted octanol–water partition coefficient (Wildman–Crippen LogP) is 3.97. The Morgan fingerprint density at radius 3 is 2.36 bits per heavy atom. The number of carbonyl (C=O) groups is 1. The molecule has 0 fully saturated rings. The molecule has 3 rings (SSSR count). The van der Waals surface area contributed by atoms with Crippen molar-refractivity contribution in [3.8, 4) is 11.3 Å². The highest BCUT2D eigenvalue weighted by molar-refractivity contribution is 5.98. The SMILES string of the molecule is Cc1ccc(C(=O)C(C)n2nc(-c3ccccc3)ccc2=O)cc1C. The number of hydrogen-bond donors (Lipinski definition) is 0. The number of carbonyl (C=O) groups excluding carboxylic acids is 1. The van der Waals surface area contributed by atoms with E-state index in [1.165, 1.54) is 10.7 Å². The molecule has 3 aromatic rings. The summed E-state index contributed by atoms with van der Waals surface area (Å²) in [5.74, 6) is -0.122. The van der Waals surface area contributed by atoms with Crippen LogP contribution >= 0.6 is 0 Å². The summed E-state index contributed by atoms with van der Waals surface area (Å²) in [7, 11) is 0. The Balaban J connectivity index is 1.99. The van der Waals surface area contributed by atoms with Gasteiger partial charge in [0, 0.05) is 17.2 Å². The van der Waals surface area contributed by atoms with Gasteiger partial charge >= 0.3 is 0 Å². The molecule has 4 heteroatoms. The topological polar surface area (TPSA) is 52.0 Å². The Hall–Kier alpha value is -3.01. The summed E-state index contributed by atoms with van der Waals surface area (Å²) in [6.45, 7) is 5.68. The third kappa shape index (κ3) is 3.43. The second-order valence-corrected chi connectivity index (χ2v) is 6.21. The van der Waals surface area contributed by atoms with Gasteiger partial charge in [0.2, 0.25) is 0 Å². The number of aryl methyl sites for hydroxylation is 2. The summed E-state index contributed by atoms with van der Waals surface area (Å²) in [6, 6.07) is 17.6. The monoisotopic (exact) mass is 332 g/mol. The summed E-state index contributed by atoms with van der Waals surface area (Å²) in [5, 5.41) is 4.41. The molecule has 0 radical (unpaired) electrons. The fourth-order valence-corrected chi connectivity index (χ4v) is 2.71. The van der Waals surface area contributed by atoms with Gasteiger partial charge in [-0.3, -0.25) is 9.59 Å². The molecule has 2 aromatic carbocycles. The van der Waals surface area contributed by atoms with Crippen LogP contribution < -0.4 is 5.56 Å². The molecule has 1 heterocycles. The summed E-state index contributed by atoms with van der Waals surface area (Å²) in [4.78, 5) is 25.1. The number of hydrogen-bond acceptors (Lipinski definition) is 3. The minimum Gasteiger partial charge on any atom is -0.292 e. The summed E-state index contributed by atoms with van der Waals surface area (Å²) < 4.78 is 1.26. The van der Waals surface area contributed by atoms with Crippen LogP contribution in [0.3, 0.4) is 0 Å². The molecule has 126 valence electrons. The van der Waals surface area contributed by atoms with E-state index in [2.05, 4.69) is 5.10 Å². The highest BCUT2D eigenvalue weighted by Gasteiger charge is 2.20. The zero-order chi connectivity index (χ0) is 18.0. The van der Waals surface area contributed by atoms with Crippen molar-refractivity contribution in [2.75, 3.05) is 0 Å². The molecule has 0 bridgehead atoms. The van der Waals surface area contributed by atoms with Gasteiger partial charge in [0.05, 0.1) is 5.69 Å². The third-order valence-corrected chi connectivity index (χ3v) is 4.43. The molecule has 0 saturated heterocycles. The molecule has 1 atom stereocenters. The minimum absolute atomic E-state index is 0.122. The van der Waals surface area contributed by atoms with Gasteiger partial charge in [-0.25, -0.2) is 4.68 Å². The van der Waals surface area contributed by atoms with Crippen LogP contribution in [0.4, 0.5) is 0 Å². The van der Waals surface area contributed by atoms with Crippen molar-refractivity contribution in [3.63, 3.8) is 0 Å². The number of nitrogens with zero attached hydrogens (tertiary/aromatic N) is 2. The van der Waals surface area contributed by atoms with E-state index in [9.17, 15) is 9.59 Å². The van der Waals surface area contributed by atoms with Gasteiger partial charge in [0.25, 0.3) is 5.56 Å². The molecule has 0 aliphatic carbocycles. The molecular weight excluding hydrogens is 312 g/mol. The van der Waals surface area contributed by atoms with Crippen molar-refractivity contribution in [1.82, 2.24) is 9.78 Å². The van der Waals surface area contributed by atoms with Gasteiger partial charge in [-0.1, -0.05) is 42.5 Å². The number of Topliss-reactive ketones (excluding diaryl/α,β-unsaturated/α-hetero) is 1. The van der Waals surface area contributed by atoms with Crippen LogP contribution in [0.25, 0.3) is 11.3 Å². The molecule has 1 aromatic heterocycles. The van der Waals surface area contributed by atoms with E-state index in [1.54, 1.807) is 19.1 Å². The number of benzene rings is 2. The van der Waals surface area contributed by atoms with Gasteiger partial charge in [-0.2, -0.15) is 5.10 Å². The van der Waals surface area contributed by atoms with Crippen molar-refractivity contribution in [2.24, 2.45) is 0 Å². The van der Waals surface area contributed by atoms with Crippen molar-refractivity contribution in [3.05, 3.63) is 87.7 Å². The van der Waals surface area contributed by atoms with Crippen LogP contribution in [0.15, 0.2) is 65.5 Å². The van der Waals surface area contributed by atoms with Crippen LogP contribution in [0.1, 0.15) is 34.5 Å². The molecular formula is C21H20N2O2. The number of aromatic nitrogens is 2. The fourth-order valence-electron chi connectivity index (χ4n) is 2.71. The van der Waals surface area contributed by atoms with E-state index in [-0.39, 0.29) is 11.3 Å². The molecule has 25 heavy (non-hydrogen) atoms. The molecule has 0 N–H and O–H groups in total. The van der Waals surface area contributed by atoms with Gasteiger partial charge in [0.1, 0.15) is 6.04 Å². The van der Waals surface area contributed by atoms with Crippen LogP contribution in [0.5, 0.6) is 0 Å². The first kappa shape index (κ1) is 16.8. The van der Waals surface area contributed by atoms with E-state index in [0.717, 1.165) is 16.7 Å². The molecule has 0 amide bonds. The molecule has 1 unspecified atom stereocenters. The van der Waals surface area contributed by atoms with Crippen LogP contribution in [0, 0.1) is 13.8 Å². The second-order valence-electron chi connectivity index (χ2n) is 6.21. The Bertz CT molecular complexity index is 975. The van der Waals surface area contributed by atoms with E-state index >= 15 is 0 Å². The standard InChI is InChI=1S/C21H20N2O2/c1-14-9-10-18(13-15(14)2)21(25)16(3)23-20(24)12-11-19(22-23)17-7-5-4-6-8-17/h4-13,16H,1-3H3. The quantitative estimate of drug-likeness (QED) is 0.679. The van der Waals surface area contributed by atoms with Crippen molar-refractivity contribution < 1.29 is 4.79 Å². The Labute approximate surface area is 146 Å². The number of rotatable bonds is 4. The highest BCUT2D eigenvalue weighted by Crippen LogP contribution is 2.18. The molecule has 0 aliphatic heterocycles. The molecule has 0 saturated carbocycles. The largest absolute Gasteiger partial charge is 0.292 e. The first-order chi connectivity index (χ1) is 12.0. The third-order valence-electron chi connectivity index (χ3n) is 4.43. The zero-order valence-corrected chi connectivity index (χ0v) is 14.6. The van der Waals surface area contributed by atoms with E-state index in [0.29, 0.717) is 11.3 Å². The first-order valence-electron chi connectivity index (χ1n) is 8.24. The highest BCUT2D eigenvalue weighted by atomic mass is 16.1. The average Bonchev–Trinajstić information content (AvgIpc) is 2.64. The maximum atomic E-state index is 12.8. The van der Waals surface area contributed by atoms with E-state index in [4.69, 9.17) is 0 Å².